The normalized spacial score (nSPS) is 18.7. The molecule has 0 saturated heterocycles. The van der Waals surface area contributed by atoms with E-state index >= 15 is 0 Å². The Morgan fingerprint density at radius 1 is 1.33 bits per heavy atom. The number of carbonyl (C=O) groups is 1. The van der Waals surface area contributed by atoms with Gasteiger partial charge < -0.3 is 9.64 Å². The molecule has 84 valence electrons. The van der Waals surface area contributed by atoms with Gasteiger partial charge in [-0.05, 0) is 33.3 Å². The van der Waals surface area contributed by atoms with E-state index in [1.54, 1.807) is 6.92 Å². The van der Waals surface area contributed by atoms with Crippen LogP contribution in [0.4, 0.5) is 0 Å². The maximum Gasteiger partial charge on any atom is 0.345 e. The smallest absolute Gasteiger partial charge is 0.345 e. The van der Waals surface area contributed by atoms with Gasteiger partial charge in [0, 0.05) is 18.8 Å². The second-order valence-corrected chi connectivity index (χ2v) is 3.53. The number of hydrogen-bond donors (Lipinski definition) is 0. The van der Waals surface area contributed by atoms with Crippen molar-refractivity contribution in [3.63, 3.8) is 0 Å². The van der Waals surface area contributed by atoms with E-state index < -0.39 is 0 Å². The minimum Gasteiger partial charge on any atom is -0.428 e. The molecular formula is C12H19NO2. The van der Waals surface area contributed by atoms with Crippen molar-refractivity contribution in [3.8, 4) is 0 Å². The molecule has 0 spiro atoms. The molecule has 0 unspecified atom stereocenters. The minimum atomic E-state index is -0.212. The number of nitrogens with zero attached hydrogens (tertiary/aromatic N) is 1. The van der Waals surface area contributed by atoms with Crippen molar-refractivity contribution >= 4 is 5.97 Å². The molecule has 0 aliphatic carbocycles. The molecule has 0 fully saturated rings. The van der Waals surface area contributed by atoms with E-state index in [0.717, 1.165) is 30.8 Å². The average Bonchev–Trinajstić information content (AvgIpc) is 2.54. The van der Waals surface area contributed by atoms with Crippen molar-refractivity contribution in [3.05, 3.63) is 23.1 Å². The van der Waals surface area contributed by atoms with Gasteiger partial charge in [-0.25, -0.2) is 4.79 Å². The molecule has 0 saturated carbocycles. The van der Waals surface area contributed by atoms with Crippen LogP contribution < -0.4 is 0 Å². The summed E-state index contributed by atoms with van der Waals surface area (Å²) in [7, 11) is 0. The number of esters is 1. The van der Waals surface area contributed by atoms with E-state index in [4.69, 9.17) is 4.74 Å². The molecule has 0 bridgehead atoms. The lowest BCUT2D eigenvalue weighted by atomic mass is 10.1. The predicted octanol–water partition coefficient (Wildman–Crippen LogP) is 2.45. The maximum atomic E-state index is 11.6. The van der Waals surface area contributed by atoms with Crippen molar-refractivity contribution in [2.45, 2.75) is 34.1 Å². The molecule has 0 amide bonds. The third kappa shape index (κ3) is 2.41. The molecule has 3 nitrogen and oxygen atoms in total. The van der Waals surface area contributed by atoms with Crippen molar-refractivity contribution in [2.75, 3.05) is 13.1 Å². The predicted molar refractivity (Wildman–Crippen MR) is 60.1 cm³/mol. The zero-order chi connectivity index (χ0) is 11.4. The number of rotatable bonds is 4. The maximum absolute atomic E-state index is 11.6. The summed E-state index contributed by atoms with van der Waals surface area (Å²) in [5, 5.41) is 0. The van der Waals surface area contributed by atoms with Crippen LogP contribution >= 0.6 is 0 Å². The summed E-state index contributed by atoms with van der Waals surface area (Å²) in [4.78, 5) is 13.8. The Kier molecular flexibility index (Phi) is 3.95. The zero-order valence-corrected chi connectivity index (χ0v) is 9.96. The summed E-state index contributed by atoms with van der Waals surface area (Å²) in [5.74, 6) is 0.476. The third-order valence-electron chi connectivity index (χ3n) is 2.61. The van der Waals surface area contributed by atoms with E-state index in [1.807, 2.05) is 6.08 Å². The van der Waals surface area contributed by atoms with Gasteiger partial charge in [-0.1, -0.05) is 6.92 Å². The molecule has 0 atom stereocenters. The lowest BCUT2D eigenvalue weighted by Gasteiger charge is -2.24. The third-order valence-corrected chi connectivity index (χ3v) is 2.61. The van der Waals surface area contributed by atoms with Crippen LogP contribution in [0.1, 0.15) is 34.1 Å². The zero-order valence-electron chi connectivity index (χ0n) is 9.96. The minimum absolute atomic E-state index is 0.212. The first-order valence-corrected chi connectivity index (χ1v) is 5.52. The van der Waals surface area contributed by atoms with Crippen molar-refractivity contribution in [2.24, 2.45) is 0 Å². The Bertz CT molecular complexity index is 312. The summed E-state index contributed by atoms with van der Waals surface area (Å²) < 4.78 is 5.03. The molecule has 0 aromatic carbocycles. The molecule has 1 aliphatic heterocycles. The molecule has 0 radical (unpaired) electrons. The summed E-state index contributed by atoms with van der Waals surface area (Å²) >= 11 is 0. The summed E-state index contributed by atoms with van der Waals surface area (Å²) in [6.45, 7) is 9.90. The van der Waals surface area contributed by atoms with Crippen LogP contribution in [0.15, 0.2) is 23.1 Å². The number of carbonyl (C=O) groups excluding carboxylic acids is 1. The van der Waals surface area contributed by atoms with Crippen LogP contribution in [0.2, 0.25) is 0 Å². The van der Waals surface area contributed by atoms with Gasteiger partial charge in [0.25, 0.3) is 0 Å². The van der Waals surface area contributed by atoms with Crippen LogP contribution in [-0.4, -0.2) is 24.0 Å². The van der Waals surface area contributed by atoms with Gasteiger partial charge >= 0.3 is 5.97 Å². The first-order valence-electron chi connectivity index (χ1n) is 5.52. The SMILES string of the molecule is CCC(=C1C=C(C)OC1=O)N(CC)CC. The quantitative estimate of drug-likeness (QED) is 0.526. The fourth-order valence-electron chi connectivity index (χ4n) is 1.88. The number of allylic oxidation sites excluding steroid dienone is 2. The summed E-state index contributed by atoms with van der Waals surface area (Å²) in [6.07, 6.45) is 2.69. The van der Waals surface area contributed by atoms with Crippen LogP contribution in [0, 0.1) is 0 Å². The monoisotopic (exact) mass is 209 g/mol. The van der Waals surface area contributed by atoms with Gasteiger partial charge in [-0.2, -0.15) is 0 Å². The van der Waals surface area contributed by atoms with Gasteiger partial charge in [-0.15, -0.1) is 0 Å². The highest BCUT2D eigenvalue weighted by Gasteiger charge is 2.23. The molecule has 1 aliphatic rings. The molecule has 1 heterocycles. The Balaban J connectivity index is 3.07. The first kappa shape index (κ1) is 11.8. The van der Waals surface area contributed by atoms with Crippen LogP contribution in [-0.2, 0) is 9.53 Å². The largest absolute Gasteiger partial charge is 0.428 e. The van der Waals surface area contributed by atoms with Gasteiger partial charge in [0.1, 0.15) is 5.76 Å². The lowest BCUT2D eigenvalue weighted by Crippen LogP contribution is -2.24. The Hall–Kier alpha value is -1.25. The second kappa shape index (κ2) is 5.01. The fourth-order valence-corrected chi connectivity index (χ4v) is 1.88. The molecule has 0 N–H and O–H groups in total. The summed E-state index contributed by atoms with van der Waals surface area (Å²) in [6, 6.07) is 0. The van der Waals surface area contributed by atoms with Crippen molar-refractivity contribution < 1.29 is 9.53 Å². The Labute approximate surface area is 91.4 Å². The Morgan fingerprint density at radius 3 is 2.27 bits per heavy atom. The first-order chi connectivity index (χ1) is 7.13. The topological polar surface area (TPSA) is 29.5 Å². The van der Waals surface area contributed by atoms with Crippen LogP contribution in [0.3, 0.4) is 0 Å². The highest BCUT2D eigenvalue weighted by molar-refractivity contribution is 5.95. The second-order valence-electron chi connectivity index (χ2n) is 3.53. The van der Waals surface area contributed by atoms with Crippen LogP contribution in [0.5, 0.6) is 0 Å². The lowest BCUT2D eigenvalue weighted by molar-refractivity contribution is -0.133. The summed E-state index contributed by atoms with van der Waals surface area (Å²) in [5.41, 5.74) is 1.81. The molecular weight excluding hydrogens is 190 g/mol. The molecule has 15 heavy (non-hydrogen) atoms. The van der Waals surface area contributed by atoms with Crippen molar-refractivity contribution in [1.82, 2.24) is 4.90 Å². The van der Waals surface area contributed by atoms with E-state index in [2.05, 4.69) is 25.7 Å². The number of ether oxygens (including phenoxy) is 1. The van der Waals surface area contributed by atoms with Crippen molar-refractivity contribution in [1.29, 1.82) is 0 Å². The van der Waals surface area contributed by atoms with E-state index in [9.17, 15) is 4.79 Å². The molecule has 3 heteroatoms. The van der Waals surface area contributed by atoms with Gasteiger partial charge in [-0.3, -0.25) is 0 Å². The van der Waals surface area contributed by atoms with E-state index in [1.165, 1.54) is 0 Å². The molecule has 0 aromatic rings. The van der Waals surface area contributed by atoms with Gasteiger partial charge in [0.2, 0.25) is 0 Å². The number of hydrogen-bond acceptors (Lipinski definition) is 3. The Morgan fingerprint density at radius 2 is 1.93 bits per heavy atom. The highest BCUT2D eigenvalue weighted by atomic mass is 16.5. The van der Waals surface area contributed by atoms with Crippen LogP contribution in [0.25, 0.3) is 0 Å². The number of cyclic esters (lactones) is 1. The molecule has 0 aromatic heterocycles. The van der Waals surface area contributed by atoms with E-state index in [-0.39, 0.29) is 5.97 Å². The standard InChI is InChI=1S/C12H19NO2/c1-5-11(13(6-2)7-3)10-8-9(4)15-12(10)14/h8H,5-7H2,1-4H3. The van der Waals surface area contributed by atoms with Gasteiger partial charge in [0.05, 0.1) is 5.57 Å². The van der Waals surface area contributed by atoms with E-state index in [0.29, 0.717) is 5.76 Å². The fraction of sp³-hybridized carbons (Fsp3) is 0.583. The average molecular weight is 209 g/mol. The van der Waals surface area contributed by atoms with Gasteiger partial charge in [0.15, 0.2) is 0 Å². The molecule has 1 rings (SSSR count). The highest BCUT2D eigenvalue weighted by Crippen LogP contribution is 2.23.